The van der Waals surface area contributed by atoms with Crippen LogP contribution >= 0.6 is 0 Å². The van der Waals surface area contributed by atoms with Crippen molar-refractivity contribution >= 4 is 60.9 Å². The first-order chi connectivity index (χ1) is 26.3. The van der Waals surface area contributed by atoms with Crippen LogP contribution in [0.4, 0.5) is 17.1 Å². The molecule has 53 heavy (non-hydrogen) atoms. The molecule has 10 aromatic rings. The van der Waals surface area contributed by atoms with Crippen molar-refractivity contribution in [1.29, 1.82) is 5.26 Å². The topological polar surface area (TPSA) is 70.9 Å². The van der Waals surface area contributed by atoms with Gasteiger partial charge in [0.25, 0.3) is 0 Å². The van der Waals surface area contributed by atoms with Gasteiger partial charge < -0.3 is 13.9 Å². The normalized spacial score (nSPS) is 11.4. The van der Waals surface area contributed by atoms with Crippen LogP contribution in [-0.2, 0) is 0 Å². The third-order valence-electron chi connectivity index (χ3n) is 9.85. The highest BCUT2D eigenvalue weighted by Gasteiger charge is 2.24. The summed E-state index contributed by atoms with van der Waals surface area (Å²) < 4.78 is 8.53. The van der Waals surface area contributed by atoms with Gasteiger partial charge in [-0.25, -0.2) is 4.98 Å². The number of aromatic nitrogens is 3. The molecule has 10 rings (SSSR count). The number of nitrogens with zero attached hydrogens (tertiary/aromatic N) is 5. The Hall–Kier alpha value is -7.49. The van der Waals surface area contributed by atoms with E-state index in [1.54, 1.807) is 0 Å². The van der Waals surface area contributed by atoms with Crippen LogP contribution in [0.25, 0.3) is 72.2 Å². The fourth-order valence-electron chi connectivity index (χ4n) is 7.53. The summed E-state index contributed by atoms with van der Waals surface area (Å²) in [5, 5.41) is 14.9. The van der Waals surface area contributed by atoms with Crippen LogP contribution in [0.1, 0.15) is 5.56 Å². The second-order valence-electron chi connectivity index (χ2n) is 12.9. The molecule has 0 aliphatic rings. The molecule has 0 N–H and O–H groups in total. The second kappa shape index (κ2) is 12.4. The zero-order valence-electron chi connectivity index (χ0n) is 28.4. The second-order valence-corrected chi connectivity index (χ2v) is 12.9. The predicted octanol–water partition coefficient (Wildman–Crippen LogP) is 12.1. The van der Waals surface area contributed by atoms with Gasteiger partial charge in [-0.1, -0.05) is 121 Å². The minimum Gasteiger partial charge on any atom is -0.438 e. The van der Waals surface area contributed by atoms with Gasteiger partial charge in [0, 0.05) is 38.7 Å². The van der Waals surface area contributed by atoms with Crippen molar-refractivity contribution in [3.05, 3.63) is 181 Å². The van der Waals surface area contributed by atoms with Crippen molar-refractivity contribution in [3.63, 3.8) is 0 Å². The number of hydrogen-bond acceptors (Lipinski definition) is 5. The van der Waals surface area contributed by atoms with Crippen molar-refractivity contribution in [1.82, 2.24) is 14.5 Å². The van der Waals surface area contributed by atoms with Crippen molar-refractivity contribution in [2.75, 3.05) is 4.90 Å². The van der Waals surface area contributed by atoms with Gasteiger partial charge in [-0.05, 0) is 54.6 Å². The Bertz CT molecular complexity index is 2980. The maximum atomic E-state index is 10.9. The zero-order valence-corrected chi connectivity index (χ0v) is 28.4. The van der Waals surface area contributed by atoms with Gasteiger partial charge in [0.1, 0.15) is 11.7 Å². The molecule has 0 saturated heterocycles. The van der Waals surface area contributed by atoms with Crippen LogP contribution in [-0.4, -0.2) is 14.5 Å². The number of anilines is 3. The molecule has 0 amide bonds. The van der Waals surface area contributed by atoms with Crippen molar-refractivity contribution in [3.8, 4) is 34.4 Å². The molecule has 6 heteroatoms. The summed E-state index contributed by atoms with van der Waals surface area (Å²) in [7, 11) is 0. The molecule has 0 fully saturated rings. The van der Waals surface area contributed by atoms with Gasteiger partial charge in [0.15, 0.2) is 5.82 Å². The summed E-state index contributed by atoms with van der Waals surface area (Å²) in [6.45, 7) is 0. The lowest BCUT2D eigenvalue weighted by Gasteiger charge is -2.27. The van der Waals surface area contributed by atoms with Crippen molar-refractivity contribution in [2.45, 2.75) is 0 Å². The van der Waals surface area contributed by atoms with E-state index in [9.17, 15) is 5.26 Å². The van der Waals surface area contributed by atoms with E-state index in [4.69, 9.17) is 14.4 Å². The third-order valence-corrected chi connectivity index (χ3v) is 9.85. The van der Waals surface area contributed by atoms with E-state index in [2.05, 4.69) is 113 Å². The molecule has 0 radical (unpaired) electrons. The van der Waals surface area contributed by atoms with Crippen LogP contribution in [0.3, 0.4) is 0 Å². The first kappa shape index (κ1) is 30.3. The maximum Gasteiger partial charge on any atom is 0.231 e. The Morgan fingerprint density at radius 2 is 1.21 bits per heavy atom. The number of benzene rings is 7. The predicted molar refractivity (Wildman–Crippen MR) is 214 cm³/mol. The number of rotatable bonds is 6. The van der Waals surface area contributed by atoms with E-state index in [1.807, 2.05) is 78.9 Å². The Labute approximate surface area is 305 Å². The number of furan rings is 1. The Balaban J connectivity index is 1.24. The molecule has 6 nitrogen and oxygen atoms in total. The Morgan fingerprint density at radius 1 is 0.566 bits per heavy atom. The lowest BCUT2D eigenvalue weighted by atomic mass is 10.0. The molecule has 0 atom stereocenters. The molecule has 0 spiro atoms. The molecule has 248 valence electrons. The zero-order chi connectivity index (χ0) is 35.3. The van der Waals surface area contributed by atoms with Crippen molar-refractivity contribution in [2.24, 2.45) is 0 Å². The quantitative estimate of drug-likeness (QED) is 0.175. The highest BCUT2D eigenvalue weighted by molar-refractivity contribution is 6.15. The molecule has 0 aliphatic heterocycles. The number of fused-ring (bicyclic) bond motifs is 6. The summed E-state index contributed by atoms with van der Waals surface area (Å²) >= 11 is 0. The number of hydrogen-bond donors (Lipinski definition) is 0. The SMILES string of the molecule is N#Cc1cc(-c2nc(-c3ccccc3)nc3oc4ccccc4c23)ccc1-n1c2ccccc2c2cccc(N(c3ccccc3)c3ccccc3)c21. The van der Waals surface area contributed by atoms with Crippen LogP contribution in [0, 0.1) is 11.3 Å². The number of para-hydroxylation sites is 5. The maximum absolute atomic E-state index is 10.9. The van der Waals surface area contributed by atoms with E-state index in [-0.39, 0.29) is 0 Å². The van der Waals surface area contributed by atoms with Gasteiger partial charge in [-0.3, -0.25) is 0 Å². The fraction of sp³-hybridized carbons (Fsp3) is 0. The molecule has 3 aromatic heterocycles. The van der Waals surface area contributed by atoms with E-state index in [0.717, 1.165) is 72.0 Å². The molecule has 3 heterocycles. The minimum absolute atomic E-state index is 0.506. The average Bonchev–Trinajstić information content (AvgIpc) is 3.78. The molecule has 0 unspecified atom stereocenters. The van der Waals surface area contributed by atoms with Crippen LogP contribution in [0.5, 0.6) is 0 Å². The highest BCUT2D eigenvalue weighted by atomic mass is 16.3. The van der Waals surface area contributed by atoms with E-state index in [1.165, 1.54) is 0 Å². The standard InChI is InChI=1S/C47H29N5O/c48-30-33-29-32(44-43-38-22-11-13-26-42(38)53-47(43)50-46(49-44)31-15-4-1-5-16-31)27-28-39(33)52-40-24-12-10-21-36(40)37-23-14-25-41(45(37)52)51(34-17-6-2-7-18-34)35-19-8-3-9-20-35/h1-29H. The Kier molecular flexibility index (Phi) is 7.09. The molecular weight excluding hydrogens is 651 g/mol. The van der Waals surface area contributed by atoms with Gasteiger partial charge in [0.2, 0.25) is 5.71 Å². The first-order valence-corrected chi connectivity index (χ1v) is 17.5. The van der Waals surface area contributed by atoms with E-state index < -0.39 is 0 Å². The molecular formula is C47H29N5O. The fourth-order valence-corrected chi connectivity index (χ4v) is 7.53. The van der Waals surface area contributed by atoms with E-state index in [0.29, 0.717) is 22.8 Å². The summed E-state index contributed by atoms with van der Waals surface area (Å²) in [5.74, 6) is 0.559. The average molecular weight is 680 g/mol. The Morgan fingerprint density at radius 3 is 1.94 bits per heavy atom. The summed E-state index contributed by atoms with van der Waals surface area (Å²) in [6, 6.07) is 62.1. The molecule has 0 bridgehead atoms. The molecule has 0 saturated carbocycles. The first-order valence-electron chi connectivity index (χ1n) is 17.5. The smallest absolute Gasteiger partial charge is 0.231 e. The summed E-state index contributed by atoms with van der Waals surface area (Å²) in [5.41, 5.74) is 10.0. The summed E-state index contributed by atoms with van der Waals surface area (Å²) in [6.07, 6.45) is 0. The molecule has 7 aromatic carbocycles. The number of nitriles is 1. The van der Waals surface area contributed by atoms with Gasteiger partial charge in [-0.15, -0.1) is 0 Å². The van der Waals surface area contributed by atoms with Crippen LogP contribution in [0.15, 0.2) is 180 Å². The van der Waals surface area contributed by atoms with Gasteiger partial charge in [-0.2, -0.15) is 10.2 Å². The minimum atomic E-state index is 0.506. The summed E-state index contributed by atoms with van der Waals surface area (Å²) in [4.78, 5) is 12.3. The highest BCUT2D eigenvalue weighted by Crippen LogP contribution is 2.44. The lowest BCUT2D eigenvalue weighted by Crippen LogP contribution is -2.11. The largest absolute Gasteiger partial charge is 0.438 e. The van der Waals surface area contributed by atoms with E-state index >= 15 is 0 Å². The monoisotopic (exact) mass is 679 g/mol. The van der Waals surface area contributed by atoms with Crippen molar-refractivity contribution < 1.29 is 4.42 Å². The lowest BCUT2D eigenvalue weighted by molar-refractivity contribution is 0.653. The van der Waals surface area contributed by atoms with Gasteiger partial charge >= 0.3 is 0 Å². The third kappa shape index (κ3) is 4.95. The van der Waals surface area contributed by atoms with Gasteiger partial charge in [0.05, 0.1) is 39.1 Å². The van der Waals surface area contributed by atoms with Crippen LogP contribution in [0.2, 0.25) is 0 Å². The molecule has 0 aliphatic carbocycles. The van der Waals surface area contributed by atoms with Crippen LogP contribution < -0.4 is 4.90 Å².